The van der Waals surface area contributed by atoms with E-state index in [-0.39, 0.29) is 0 Å². The van der Waals surface area contributed by atoms with E-state index in [1.54, 1.807) is 13.2 Å². The standard InChI is InChI=1S/C14H18N2O/c1-3-5-12(6-4-11-15)16-13-7-9-14(17-2)10-8-13/h3-10,16H,1,11,15H2,2H3/b6-4-,12-5+. The minimum atomic E-state index is 0.513. The van der Waals surface area contributed by atoms with Gasteiger partial charge >= 0.3 is 0 Å². The van der Waals surface area contributed by atoms with Crippen LogP contribution in [0.25, 0.3) is 0 Å². The van der Waals surface area contributed by atoms with Crippen LogP contribution in [0, 0.1) is 0 Å². The normalized spacial score (nSPS) is 11.5. The van der Waals surface area contributed by atoms with Crippen LogP contribution in [0.4, 0.5) is 5.69 Å². The molecule has 3 heteroatoms. The predicted molar refractivity (Wildman–Crippen MR) is 73.1 cm³/mol. The first kappa shape index (κ1) is 13.1. The van der Waals surface area contributed by atoms with Gasteiger partial charge in [0.05, 0.1) is 7.11 Å². The van der Waals surface area contributed by atoms with Gasteiger partial charge in [0.15, 0.2) is 0 Å². The number of nitrogens with two attached hydrogens (primary N) is 1. The Kier molecular flexibility index (Phi) is 5.61. The maximum atomic E-state index is 5.42. The number of nitrogens with one attached hydrogen (secondary N) is 1. The maximum Gasteiger partial charge on any atom is 0.119 e. The van der Waals surface area contributed by atoms with Crippen molar-refractivity contribution in [3.63, 3.8) is 0 Å². The summed E-state index contributed by atoms with van der Waals surface area (Å²) in [6.07, 6.45) is 7.42. The number of allylic oxidation sites excluding steroid dienone is 3. The van der Waals surface area contributed by atoms with Gasteiger partial charge in [-0.3, -0.25) is 0 Å². The highest BCUT2D eigenvalue weighted by Crippen LogP contribution is 2.16. The Morgan fingerprint density at radius 3 is 2.65 bits per heavy atom. The van der Waals surface area contributed by atoms with Crippen LogP contribution in [0.5, 0.6) is 5.75 Å². The summed E-state index contributed by atoms with van der Waals surface area (Å²) >= 11 is 0. The molecule has 90 valence electrons. The van der Waals surface area contributed by atoms with Gasteiger partial charge in [-0.05, 0) is 36.4 Å². The topological polar surface area (TPSA) is 47.3 Å². The van der Waals surface area contributed by atoms with Gasteiger partial charge in [0.1, 0.15) is 5.75 Å². The van der Waals surface area contributed by atoms with Crippen molar-refractivity contribution < 1.29 is 4.74 Å². The van der Waals surface area contributed by atoms with Gasteiger partial charge in [-0.2, -0.15) is 0 Å². The average Bonchev–Trinajstić information content (AvgIpc) is 2.37. The first-order valence-electron chi connectivity index (χ1n) is 5.40. The van der Waals surface area contributed by atoms with E-state index >= 15 is 0 Å². The molecular weight excluding hydrogens is 212 g/mol. The lowest BCUT2D eigenvalue weighted by molar-refractivity contribution is 0.415. The molecule has 17 heavy (non-hydrogen) atoms. The number of benzene rings is 1. The third kappa shape index (κ3) is 4.57. The molecule has 3 N–H and O–H groups in total. The van der Waals surface area contributed by atoms with Gasteiger partial charge in [0, 0.05) is 17.9 Å². The first-order valence-corrected chi connectivity index (χ1v) is 5.40. The summed E-state index contributed by atoms with van der Waals surface area (Å²) in [4.78, 5) is 0. The zero-order valence-electron chi connectivity index (χ0n) is 10.0. The molecule has 1 aromatic rings. The Morgan fingerprint density at radius 1 is 1.41 bits per heavy atom. The molecule has 0 aromatic heterocycles. The SMILES string of the molecule is C=C/C=C(\C=C/CN)Nc1ccc(OC)cc1. The highest BCUT2D eigenvalue weighted by Gasteiger charge is 1.95. The Hall–Kier alpha value is -2.00. The zero-order valence-corrected chi connectivity index (χ0v) is 10.0. The molecule has 0 fully saturated rings. The van der Waals surface area contributed by atoms with Crippen molar-refractivity contribution in [2.24, 2.45) is 5.73 Å². The summed E-state index contributed by atoms with van der Waals surface area (Å²) in [6, 6.07) is 7.71. The summed E-state index contributed by atoms with van der Waals surface area (Å²) in [5, 5.41) is 3.26. The molecule has 0 amide bonds. The fourth-order valence-electron chi connectivity index (χ4n) is 1.30. The third-order valence-electron chi connectivity index (χ3n) is 2.11. The molecule has 0 aliphatic heterocycles. The lowest BCUT2D eigenvalue weighted by Gasteiger charge is -2.07. The highest BCUT2D eigenvalue weighted by atomic mass is 16.5. The lowest BCUT2D eigenvalue weighted by Crippen LogP contribution is -1.98. The summed E-state index contributed by atoms with van der Waals surface area (Å²) < 4.78 is 5.10. The van der Waals surface area contributed by atoms with E-state index in [0.29, 0.717) is 6.54 Å². The molecule has 1 rings (SSSR count). The largest absolute Gasteiger partial charge is 0.497 e. The van der Waals surface area contributed by atoms with Gasteiger partial charge in [-0.1, -0.05) is 18.7 Å². The van der Waals surface area contributed by atoms with Crippen LogP contribution in [-0.4, -0.2) is 13.7 Å². The Balaban J connectivity index is 2.75. The van der Waals surface area contributed by atoms with Crippen LogP contribution in [0.3, 0.4) is 0 Å². The Labute approximate surface area is 102 Å². The lowest BCUT2D eigenvalue weighted by atomic mass is 10.2. The predicted octanol–water partition coefficient (Wildman–Crippen LogP) is 2.69. The smallest absolute Gasteiger partial charge is 0.119 e. The Morgan fingerprint density at radius 2 is 2.12 bits per heavy atom. The van der Waals surface area contributed by atoms with Crippen molar-refractivity contribution in [3.8, 4) is 5.75 Å². The Bertz CT molecular complexity index is 405. The zero-order chi connectivity index (χ0) is 12.5. The van der Waals surface area contributed by atoms with Crippen molar-refractivity contribution in [1.82, 2.24) is 0 Å². The molecule has 1 aromatic carbocycles. The second kappa shape index (κ2) is 7.30. The number of hydrogen-bond donors (Lipinski definition) is 2. The molecule has 0 heterocycles. The van der Waals surface area contributed by atoms with E-state index in [1.807, 2.05) is 42.5 Å². The van der Waals surface area contributed by atoms with Crippen molar-refractivity contribution in [3.05, 3.63) is 60.8 Å². The van der Waals surface area contributed by atoms with Crippen molar-refractivity contribution in [2.45, 2.75) is 0 Å². The van der Waals surface area contributed by atoms with E-state index in [4.69, 9.17) is 10.5 Å². The van der Waals surface area contributed by atoms with Gasteiger partial charge in [0.25, 0.3) is 0 Å². The summed E-state index contributed by atoms with van der Waals surface area (Å²) in [5.41, 5.74) is 7.35. The van der Waals surface area contributed by atoms with E-state index in [0.717, 1.165) is 17.1 Å². The second-order valence-corrected chi connectivity index (χ2v) is 3.35. The molecule has 0 saturated heterocycles. The molecule has 0 atom stereocenters. The number of hydrogen-bond acceptors (Lipinski definition) is 3. The van der Waals surface area contributed by atoms with Crippen LogP contribution in [0.15, 0.2) is 60.8 Å². The molecule has 0 bridgehead atoms. The van der Waals surface area contributed by atoms with Gasteiger partial charge < -0.3 is 15.8 Å². The van der Waals surface area contributed by atoms with E-state index in [1.165, 1.54) is 0 Å². The second-order valence-electron chi connectivity index (χ2n) is 3.35. The highest BCUT2D eigenvalue weighted by molar-refractivity contribution is 5.53. The summed E-state index contributed by atoms with van der Waals surface area (Å²) in [7, 11) is 1.65. The summed E-state index contributed by atoms with van der Waals surface area (Å²) in [6.45, 7) is 4.19. The van der Waals surface area contributed by atoms with Gasteiger partial charge in [-0.25, -0.2) is 0 Å². The monoisotopic (exact) mass is 230 g/mol. The number of ether oxygens (including phenoxy) is 1. The van der Waals surface area contributed by atoms with E-state index in [2.05, 4.69) is 11.9 Å². The van der Waals surface area contributed by atoms with Crippen LogP contribution in [-0.2, 0) is 0 Å². The first-order chi connectivity index (χ1) is 8.30. The number of rotatable bonds is 6. The van der Waals surface area contributed by atoms with E-state index in [9.17, 15) is 0 Å². The summed E-state index contributed by atoms with van der Waals surface area (Å²) in [5.74, 6) is 0.835. The molecular formula is C14H18N2O. The van der Waals surface area contributed by atoms with Crippen LogP contribution >= 0.6 is 0 Å². The fourth-order valence-corrected chi connectivity index (χ4v) is 1.30. The van der Waals surface area contributed by atoms with Crippen LogP contribution < -0.4 is 15.8 Å². The average molecular weight is 230 g/mol. The van der Waals surface area contributed by atoms with Gasteiger partial charge in [-0.15, -0.1) is 0 Å². The molecule has 0 spiro atoms. The molecule has 0 aliphatic rings. The minimum absolute atomic E-state index is 0.513. The van der Waals surface area contributed by atoms with Crippen molar-refractivity contribution >= 4 is 5.69 Å². The molecule has 0 saturated carbocycles. The maximum absolute atomic E-state index is 5.42. The number of anilines is 1. The van der Waals surface area contributed by atoms with Gasteiger partial charge in [0.2, 0.25) is 0 Å². The quantitative estimate of drug-likeness (QED) is 0.739. The number of methoxy groups -OCH3 is 1. The molecule has 0 aliphatic carbocycles. The third-order valence-corrected chi connectivity index (χ3v) is 2.11. The fraction of sp³-hybridized carbons (Fsp3) is 0.143. The van der Waals surface area contributed by atoms with Crippen molar-refractivity contribution in [2.75, 3.05) is 19.0 Å². The molecule has 0 unspecified atom stereocenters. The van der Waals surface area contributed by atoms with Crippen LogP contribution in [0.1, 0.15) is 0 Å². The molecule has 0 radical (unpaired) electrons. The molecule has 3 nitrogen and oxygen atoms in total. The van der Waals surface area contributed by atoms with Crippen LogP contribution in [0.2, 0.25) is 0 Å². The van der Waals surface area contributed by atoms with E-state index < -0.39 is 0 Å². The minimum Gasteiger partial charge on any atom is -0.497 e. The van der Waals surface area contributed by atoms with Crippen molar-refractivity contribution in [1.29, 1.82) is 0 Å².